The van der Waals surface area contributed by atoms with Gasteiger partial charge in [0.1, 0.15) is 22.7 Å². The van der Waals surface area contributed by atoms with Gasteiger partial charge in [0, 0.05) is 24.3 Å². The molecule has 0 unspecified atom stereocenters. The lowest BCUT2D eigenvalue weighted by Crippen LogP contribution is -2.09. The zero-order valence-corrected chi connectivity index (χ0v) is 16.2. The summed E-state index contributed by atoms with van der Waals surface area (Å²) in [5, 5.41) is 6.68. The fourth-order valence-electron chi connectivity index (χ4n) is 2.67. The highest BCUT2D eigenvalue weighted by atomic mass is 35.5. The molecule has 1 N–H and O–H groups in total. The summed E-state index contributed by atoms with van der Waals surface area (Å²) in [4.78, 5) is 25.3. The van der Waals surface area contributed by atoms with Crippen LogP contribution in [0.3, 0.4) is 0 Å². The zero-order valence-electron chi connectivity index (χ0n) is 14.6. The first-order chi connectivity index (χ1) is 13.7. The molecule has 3 aromatic heterocycles. The van der Waals surface area contributed by atoms with E-state index in [1.54, 1.807) is 30.5 Å². The second-order valence-corrected chi connectivity index (χ2v) is 7.20. The third kappa shape index (κ3) is 4.11. The van der Waals surface area contributed by atoms with Crippen molar-refractivity contribution in [1.29, 1.82) is 0 Å². The lowest BCUT2D eigenvalue weighted by Gasteiger charge is -2.08. The van der Waals surface area contributed by atoms with Crippen molar-refractivity contribution in [2.24, 2.45) is 0 Å². The minimum atomic E-state index is -0.428. The number of carbonyl (C=O) groups is 1. The van der Waals surface area contributed by atoms with E-state index in [0.29, 0.717) is 22.9 Å². The Balaban J connectivity index is 1.34. The Morgan fingerprint density at radius 2 is 2.04 bits per heavy atom. The molecule has 140 valence electrons. The second kappa shape index (κ2) is 8.33. The normalized spacial score (nSPS) is 10.8. The molecule has 0 fully saturated rings. The Labute approximate surface area is 170 Å². The van der Waals surface area contributed by atoms with Gasteiger partial charge in [0.05, 0.1) is 16.0 Å². The maximum Gasteiger partial charge on any atom is 0.345 e. The quantitative estimate of drug-likeness (QED) is 0.369. The van der Waals surface area contributed by atoms with Crippen molar-refractivity contribution in [3.8, 4) is 5.75 Å². The molecule has 6 nitrogen and oxygen atoms in total. The number of hydrogen-bond acceptors (Lipinski definition) is 7. The molecule has 8 heteroatoms. The Bertz CT molecular complexity index is 1100. The van der Waals surface area contributed by atoms with Crippen LogP contribution >= 0.6 is 22.9 Å². The van der Waals surface area contributed by atoms with E-state index in [1.165, 1.54) is 23.9 Å². The first-order valence-corrected chi connectivity index (χ1v) is 9.79. The van der Waals surface area contributed by atoms with Gasteiger partial charge in [0.25, 0.3) is 0 Å². The van der Waals surface area contributed by atoms with Gasteiger partial charge in [-0.15, -0.1) is 11.3 Å². The molecule has 0 amide bonds. The maximum absolute atomic E-state index is 12.0. The van der Waals surface area contributed by atoms with Gasteiger partial charge in [-0.2, -0.15) is 0 Å². The summed E-state index contributed by atoms with van der Waals surface area (Å²) in [5.41, 5.74) is 1.52. The van der Waals surface area contributed by atoms with E-state index in [-0.39, 0.29) is 0 Å². The van der Waals surface area contributed by atoms with Crippen LogP contribution in [0.25, 0.3) is 10.2 Å². The fraction of sp³-hybridized carbons (Fsp3) is 0.100. The summed E-state index contributed by atoms with van der Waals surface area (Å²) in [6, 6.07) is 10.8. The largest absolute Gasteiger partial charge is 0.423 e. The van der Waals surface area contributed by atoms with E-state index in [4.69, 9.17) is 16.3 Å². The van der Waals surface area contributed by atoms with Crippen LogP contribution in [-0.4, -0.2) is 27.5 Å². The number of benzene rings is 1. The van der Waals surface area contributed by atoms with Crippen LogP contribution in [0.4, 0.5) is 5.82 Å². The van der Waals surface area contributed by atoms with E-state index in [0.717, 1.165) is 28.0 Å². The van der Waals surface area contributed by atoms with Crippen LogP contribution < -0.4 is 10.1 Å². The molecule has 4 rings (SSSR count). The minimum absolute atomic E-state index is 0.416. The van der Waals surface area contributed by atoms with Crippen LogP contribution in [0.5, 0.6) is 5.75 Å². The van der Waals surface area contributed by atoms with Gasteiger partial charge >= 0.3 is 5.97 Å². The Hall–Kier alpha value is -3.03. The van der Waals surface area contributed by atoms with Crippen molar-refractivity contribution in [1.82, 2.24) is 15.0 Å². The van der Waals surface area contributed by atoms with Crippen molar-refractivity contribution in [3.05, 3.63) is 76.6 Å². The molecule has 0 aliphatic carbocycles. The zero-order chi connectivity index (χ0) is 19.3. The van der Waals surface area contributed by atoms with Crippen LogP contribution in [0.15, 0.2) is 60.5 Å². The van der Waals surface area contributed by atoms with Crippen molar-refractivity contribution >= 4 is 44.9 Å². The van der Waals surface area contributed by atoms with Crippen molar-refractivity contribution < 1.29 is 9.53 Å². The van der Waals surface area contributed by atoms with Crippen molar-refractivity contribution in [2.45, 2.75) is 6.42 Å². The molecule has 0 spiro atoms. The SMILES string of the molecule is O=C(Oc1ccc(CCNc2ncnc3scc(Cl)c23)cc1)c1cccnc1. The lowest BCUT2D eigenvalue weighted by molar-refractivity contribution is 0.0734. The number of carbonyl (C=O) groups excluding carboxylic acids is 1. The Morgan fingerprint density at radius 1 is 1.18 bits per heavy atom. The highest BCUT2D eigenvalue weighted by Gasteiger charge is 2.10. The molecule has 0 aliphatic heterocycles. The number of halogens is 1. The maximum atomic E-state index is 12.0. The number of rotatable bonds is 6. The van der Waals surface area contributed by atoms with Gasteiger partial charge in [0.2, 0.25) is 0 Å². The number of hydrogen-bond donors (Lipinski definition) is 1. The highest BCUT2D eigenvalue weighted by molar-refractivity contribution is 7.17. The summed E-state index contributed by atoms with van der Waals surface area (Å²) >= 11 is 7.72. The minimum Gasteiger partial charge on any atom is -0.423 e. The molecule has 0 radical (unpaired) electrons. The number of esters is 1. The third-order valence-electron chi connectivity index (χ3n) is 4.06. The first kappa shape index (κ1) is 18.3. The molecular weight excluding hydrogens is 396 g/mol. The van der Waals surface area contributed by atoms with Gasteiger partial charge in [-0.3, -0.25) is 4.98 Å². The number of nitrogens with one attached hydrogen (secondary N) is 1. The number of fused-ring (bicyclic) bond motifs is 1. The molecule has 0 bridgehead atoms. The summed E-state index contributed by atoms with van der Waals surface area (Å²) in [7, 11) is 0. The predicted molar refractivity (Wildman–Crippen MR) is 110 cm³/mol. The molecule has 28 heavy (non-hydrogen) atoms. The number of nitrogens with zero attached hydrogens (tertiary/aromatic N) is 3. The molecular formula is C20H15ClN4O2S. The van der Waals surface area contributed by atoms with Gasteiger partial charge in [-0.1, -0.05) is 23.7 Å². The molecule has 0 saturated heterocycles. The number of thiophene rings is 1. The molecule has 3 heterocycles. The second-order valence-electron chi connectivity index (χ2n) is 5.94. The van der Waals surface area contributed by atoms with E-state index < -0.39 is 5.97 Å². The van der Waals surface area contributed by atoms with Crippen molar-refractivity contribution in [2.75, 3.05) is 11.9 Å². The molecule has 1 aromatic carbocycles. The number of anilines is 1. The Kier molecular flexibility index (Phi) is 5.45. The summed E-state index contributed by atoms with van der Waals surface area (Å²) < 4.78 is 5.36. The fourth-order valence-corrected chi connectivity index (χ4v) is 3.81. The smallest absolute Gasteiger partial charge is 0.345 e. The monoisotopic (exact) mass is 410 g/mol. The summed E-state index contributed by atoms with van der Waals surface area (Å²) in [6.45, 7) is 0.688. The summed E-state index contributed by atoms with van der Waals surface area (Å²) in [6.07, 6.45) is 5.40. The average Bonchev–Trinajstić information content (AvgIpc) is 3.12. The van der Waals surface area contributed by atoms with E-state index in [2.05, 4.69) is 20.3 Å². The van der Waals surface area contributed by atoms with E-state index in [1.807, 2.05) is 17.5 Å². The molecule has 0 saturated carbocycles. The molecule has 0 atom stereocenters. The van der Waals surface area contributed by atoms with E-state index in [9.17, 15) is 4.79 Å². The van der Waals surface area contributed by atoms with Crippen LogP contribution in [0.2, 0.25) is 5.02 Å². The van der Waals surface area contributed by atoms with E-state index >= 15 is 0 Å². The lowest BCUT2D eigenvalue weighted by atomic mass is 10.1. The summed E-state index contributed by atoms with van der Waals surface area (Å²) in [5.74, 6) is 0.800. The van der Waals surface area contributed by atoms with Crippen molar-refractivity contribution in [3.63, 3.8) is 0 Å². The highest BCUT2D eigenvalue weighted by Crippen LogP contribution is 2.32. The van der Waals surface area contributed by atoms with Crippen LogP contribution in [0, 0.1) is 0 Å². The third-order valence-corrected chi connectivity index (χ3v) is 5.38. The predicted octanol–water partition coefficient (Wildman–Crippen LogP) is 4.61. The number of aromatic nitrogens is 3. The molecule has 0 aliphatic rings. The Morgan fingerprint density at radius 3 is 2.82 bits per heavy atom. The average molecular weight is 411 g/mol. The van der Waals surface area contributed by atoms with Crippen LogP contribution in [0.1, 0.15) is 15.9 Å². The van der Waals surface area contributed by atoms with Gasteiger partial charge < -0.3 is 10.1 Å². The van der Waals surface area contributed by atoms with Gasteiger partial charge in [-0.25, -0.2) is 14.8 Å². The number of ether oxygens (including phenoxy) is 1. The topological polar surface area (TPSA) is 77.0 Å². The molecule has 4 aromatic rings. The number of pyridine rings is 1. The van der Waals surface area contributed by atoms with Crippen LogP contribution in [-0.2, 0) is 6.42 Å². The standard InChI is InChI=1S/C20H15ClN4O2S/c21-16-11-28-19-17(16)18(24-12-25-19)23-9-7-13-3-5-15(6-4-13)27-20(26)14-2-1-8-22-10-14/h1-6,8,10-12H,7,9H2,(H,23,24,25). The van der Waals surface area contributed by atoms with Gasteiger partial charge in [0.15, 0.2) is 0 Å². The van der Waals surface area contributed by atoms with Gasteiger partial charge in [-0.05, 0) is 36.2 Å². The first-order valence-electron chi connectivity index (χ1n) is 8.53.